The lowest BCUT2D eigenvalue weighted by Crippen LogP contribution is -2.23. The maximum atomic E-state index is 13.4. The highest BCUT2D eigenvalue weighted by Gasteiger charge is 2.24. The molecule has 5 heteroatoms. The Morgan fingerprint density at radius 2 is 2.17 bits per heavy atom. The standard InChI is InChI=1S/C18H23FN2O2/c1-12-4-5-16(19)8-15(12)9-21-7-6-17(10-21)22-11-18-13(2)20-23-14(18)3/h4-5,8,17H,6-7,9-11H2,1-3H3. The summed E-state index contributed by atoms with van der Waals surface area (Å²) in [5.74, 6) is 0.656. The Kier molecular flexibility index (Phi) is 4.78. The molecular weight excluding hydrogens is 295 g/mol. The molecule has 4 nitrogen and oxygen atoms in total. The van der Waals surface area contributed by atoms with Gasteiger partial charge in [0.05, 0.1) is 18.4 Å². The lowest BCUT2D eigenvalue weighted by atomic mass is 10.1. The monoisotopic (exact) mass is 318 g/mol. The van der Waals surface area contributed by atoms with E-state index in [-0.39, 0.29) is 11.9 Å². The van der Waals surface area contributed by atoms with Crippen molar-refractivity contribution in [2.45, 2.75) is 46.4 Å². The molecule has 1 aliphatic heterocycles. The molecule has 1 atom stereocenters. The van der Waals surface area contributed by atoms with Crippen molar-refractivity contribution in [2.75, 3.05) is 13.1 Å². The van der Waals surface area contributed by atoms with Crippen LogP contribution >= 0.6 is 0 Å². The van der Waals surface area contributed by atoms with E-state index in [4.69, 9.17) is 9.26 Å². The molecule has 0 bridgehead atoms. The largest absolute Gasteiger partial charge is 0.372 e. The van der Waals surface area contributed by atoms with Crippen molar-refractivity contribution in [1.29, 1.82) is 0 Å². The predicted octanol–water partition coefficient (Wildman–Crippen LogP) is 3.53. The van der Waals surface area contributed by atoms with E-state index in [1.165, 1.54) is 6.07 Å². The van der Waals surface area contributed by atoms with Gasteiger partial charge >= 0.3 is 0 Å². The van der Waals surface area contributed by atoms with Crippen molar-refractivity contribution >= 4 is 0 Å². The van der Waals surface area contributed by atoms with Gasteiger partial charge in [0.2, 0.25) is 0 Å². The molecule has 3 rings (SSSR count). The molecule has 0 saturated carbocycles. The van der Waals surface area contributed by atoms with E-state index in [9.17, 15) is 4.39 Å². The van der Waals surface area contributed by atoms with Gasteiger partial charge in [0.15, 0.2) is 0 Å². The Balaban J connectivity index is 1.53. The molecule has 0 aliphatic carbocycles. The summed E-state index contributed by atoms with van der Waals surface area (Å²) >= 11 is 0. The first-order valence-electron chi connectivity index (χ1n) is 8.03. The summed E-state index contributed by atoms with van der Waals surface area (Å²) in [7, 11) is 0. The van der Waals surface area contributed by atoms with Gasteiger partial charge in [-0.25, -0.2) is 4.39 Å². The molecule has 23 heavy (non-hydrogen) atoms. The fourth-order valence-corrected chi connectivity index (χ4v) is 3.04. The summed E-state index contributed by atoms with van der Waals surface area (Å²) in [6, 6.07) is 4.98. The highest BCUT2D eigenvalue weighted by Crippen LogP contribution is 2.21. The number of ether oxygens (including phenoxy) is 1. The van der Waals surface area contributed by atoms with Gasteiger partial charge in [-0.05, 0) is 50.5 Å². The third-order valence-electron chi connectivity index (χ3n) is 4.58. The van der Waals surface area contributed by atoms with Crippen LogP contribution < -0.4 is 0 Å². The number of nitrogens with zero attached hydrogens (tertiary/aromatic N) is 2. The molecule has 0 amide bonds. The van der Waals surface area contributed by atoms with Gasteiger partial charge < -0.3 is 9.26 Å². The zero-order chi connectivity index (χ0) is 16.4. The fourth-order valence-electron chi connectivity index (χ4n) is 3.04. The lowest BCUT2D eigenvalue weighted by molar-refractivity contribution is 0.0453. The van der Waals surface area contributed by atoms with E-state index in [1.807, 2.05) is 26.8 Å². The van der Waals surface area contributed by atoms with E-state index < -0.39 is 0 Å². The molecule has 2 heterocycles. The quantitative estimate of drug-likeness (QED) is 0.845. The number of benzene rings is 1. The van der Waals surface area contributed by atoms with Crippen molar-refractivity contribution in [1.82, 2.24) is 10.1 Å². The number of halogens is 1. The van der Waals surface area contributed by atoms with E-state index >= 15 is 0 Å². The fraction of sp³-hybridized carbons (Fsp3) is 0.500. The Morgan fingerprint density at radius 1 is 1.35 bits per heavy atom. The van der Waals surface area contributed by atoms with Crippen molar-refractivity contribution in [3.63, 3.8) is 0 Å². The molecule has 124 valence electrons. The first-order valence-corrected chi connectivity index (χ1v) is 8.03. The van der Waals surface area contributed by atoms with Crippen LogP contribution in [0.4, 0.5) is 4.39 Å². The second-order valence-corrected chi connectivity index (χ2v) is 6.33. The molecule has 2 aromatic rings. The molecule has 1 aromatic heterocycles. The smallest absolute Gasteiger partial charge is 0.139 e. The summed E-state index contributed by atoms with van der Waals surface area (Å²) in [4.78, 5) is 2.32. The maximum absolute atomic E-state index is 13.4. The normalized spacial score (nSPS) is 18.7. The van der Waals surface area contributed by atoms with Gasteiger partial charge in [0.1, 0.15) is 11.6 Å². The minimum absolute atomic E-state index is 0.170. The van der Waals surface area contributed by atoms with Gasteiger partial charge in [-0.15, -0.1) is 0 Å². The van der Waals surface area contributed by atoms with Crippen LogP contribution in [0.1, 0.15) is 34.6 Å². The first kappa shape index (κ1) is 16.1. The number of hydrogen-bond acceptors (Lipinski definition) is 4. The Morgan fingerprint density at radius 3 is 2.91 bits per heavy atom. The van der Waals surface area contributed by atoms with Crippen LogP contribution in [-0.2, 0) is 17.9 Å². The molecule has 1 fully saturated rings. The first-order chi connectivity index (χ1) is 11.0. The second kappa shape index (κ2) is 6.81. The van der Waals surface area contributed by atoms with Crippen LogP contribution in [0.25, 0.3) is 0 Å². The maximum Gasteiger partial charge on any atom is 0.139 e. The Bertz CT molecular complexity index is 664. The molecule has 1 aromatic carbocycles. The van der Waals surface area contributed by atoms with Gasteiger partial charge in [0, 0.05) is 25.2 Å². The Hall–Kier alpha value is -1.72. The second-order valence-electron chi connectivity index (χ2n) is 6.33. The average molecular weight is 318 g/mol. The molecule has 0 spiro atoms. The van der Waals surface area contributed by atoms with Gasteiger partial charge in [-0.3, -0.25) is 4.90 Å². The zero-order valence-electron chi connectivity index (χ0n) is 13.9. The van der Waals surface area contributed by atoms with E-state index in [2.05, 4.69) is 10.1 Å². The Labute approximate surface area is 136 Å². The minimum atomic E-state index is -0.170. The summed E-state index contributed by atoms with van der Waals surface area (Å²) < 4.78 is 24.6. The van der Waals surface area contributed by atoms with Crippen LogP contribution in [0.5, 0.6) is 0 Å². The third kappa shape index (κ3) is 3.79. The summed E-state index contributed by atoms with van der Waals surface area (Å²) in [6.07, 6.45) is 1.20. The number of likely N-dealkylation sites (tertiary alicyclic amines) is 1. The molecule has 0 radical (unpaired) electrons. The van der Waals surface area contributed by atoms with Crippen LogP contribution in [0.2, 0.25) is 0 Å². The molecule has 0 N–H and O–H groups in total. The number of aromatic nitrogens is 1. The summed E-state index contributed by atoms with van der Waals surface area (Å²) in [6.45, 7) is 9.03. The highest BCUT2D eigenvalue weighted by molar-refractivity contribution is 5.26. The van der Waals surface area contributed by atoms with Crippen molar-refractivity contribution in [3.8, 4) is 0 Å². The van der Waals surface area contributed by atoms with Crippen molar-refractivity contribution in [3.05, 3.63) is 52.2 Å². The van der Waals surface area contributed by atoms with Crippen molar-refractivity contribution < 1.29 is 13.7 Å². The average Bonchev–Trinajstić information content (AvgIpc) is 3.08. The van der Waals surface area contributed by atoms with Crippen molar-refractivity contribution in [2.24, 2.45) is 0 Å². The number of rotatable bonds is 5. The van der Waals surface area contributed by atoms with Crippen LogP contribution in [0.3, 0.4) is 0 Å². The zero-order valence-corrected chi connectivity index (χ0v) is 13.9. The summed E-state index contributed by atoms with van der Waals surface area (Å²) in [5.41, 5.74) is 4.13. The number of hydrogen-bond donors (Lipinski definition) is 0. The topological polar surface area (TPSA) is 38.5 Å². The third-order valence-corrected chi connectivity index (χ3v) is 4.58. The van der Waals surface area contributed by atoms with Crippen LogP contribution in [0, 0.1) is 26.6 Å². The van der Waals surface area contributed by atoms with Gasteiger partial charge in [0.25, 0.3) is 0 Å². The molecule has 1 saturated heterocycles. The number of aryl methyl sites for hydroxylation is 3. The van der Waals surface area contributed by atoms with E-state index in [1.54, 1.807) is 6.07 Å². The van der Waals surface area contributed by atoms with Gasteiger partial charge in [-0.1, -0.05) is 11.2 Å². The van der Waals surface area contributed by atoms with E-state index in [0.717, 1.165) is 54.2 Å². The highest BCUT2D eigenvalue weighted by atomic mass is 19.1. The van der Waals surface area contributed by atoms with Crippen LogP contribution in [0.15, 0.2) is 22.7 Å². The minimum Gasteiger partial charge on any atom is -0.372 e. The SMILES string of the molecule is Cc1ccc(F)cc1CN1CCC(OCc2c(C)noc2C)C1. The molecule has 1 aliphatic rings. The van der Waals surface area contributed by atoms with E-state index in [0.29, 0.717) is 6.61 Å². The van der Waals surface area contributed by atoms with Crippen LogP contribution in [-0.4, -0.2) is 29.3 Å². The lowest BCUT2D eigenvalue weighted by Gasteiger charge is -2.17. The molecule has 1 unspecified atom stereocenters. The molecular formula is C18H23FN2O2. The predicted molar refractivity (Wildman–Crippen MR) is 85.6 cm³/mol. The summed E-state index contributed by atoms with van der Waals surface area (Å²) in [5, 5.41) is 3.95. The van der Waals surface area contributed by atoms with Gasteiger partial charge in [-0.2, -0.15) is 0 Å².